The van der Waals surface area contributed by atoms with E-state index in [2.05, 4.69) is 9.98 Å². The van der Waals surface area contributed by atoms with E-state index in [0.29, 0.717) is 0 Å². The van der Waals surface area contributed by atoms with E-state index in [1.807, 2.05) is 6.08 Å². The first-order valence-corrected chi connectivity index (χ1v) is 3.44. The van der Waals surface area contributed by atoms with Crippen molar-refractivity contribution in [3.63, 3.8) is 0 Å². The van der Waals surface area contributed by atoms with E-state index in [9.17, 15) is 0 Å². The third-order valence-electron chi connectivity index (χ3n) is 1.47. The van der Waals surface area contributed by atoms with Gasteiger partial charge in [0, 0.05) is 18.0 Å². The molecular weight excluding hydrogens is 148 g/mol. The maximum absolute atomic E-state index is 5.88. The average molecular weight is 153 g/mol. The standard InChI is InChI=1S/C7H5ClN2/c8-6-3-9-4-7-5(6)1-2-10-7/h1-4,6H/t6-/m0/s1. The molecule has 0 saturated carbocycles. The first kappa shape index (κ1) is 5.86. The van der Waals surface area contributed by atoms with Crippen LogP contribution in [0.2, 0.25) is 0 Å². The second-order valence-corrected chi connectivity index (χ2v) is 2.58. The molecule has 2 rings (SSSR count). The van der Waals surface area contributed by atoms with Gasteiger partial charge in [0.2, 0.25) is 0 Å². The average Bonchev–Trinajstić information content (AvgIpc) is 2.36. The fraction of sp³-hybridized carbons (Fsp3) is 0.143. The van der Waals surface area contributed by atoms with Gasteiger partial charge in [-0.2, -0.15) is 0 Å². The summed E-state index contributed by atoms with van der Waals surface area (Å²) >= 11 is 5.88. The zero-order valence-corrected chi connectivity index (χ0v) is 5.92. The number of allylic oxidation sites excluding steroid dienone is 2. The van der Waals surface area contributed by atoms with Gasteiger partial charge < -0.3 is 0 Å². The minimum absolute atomic E-state index is 0.0949. The number of hydrogen-bond donors (Lipinski definition) is 0. The molecule has 50 valence electrons. The van der Waals surface area contributed by atoms with Gasteiger partial charge in [0.1, 0.15) is 0 Å². The molecule has 0 spiro atoms. The van der Waals surface area contributed by atoms with Crippen LogP contribution in [0.25, 0.3) is 0 Å². The highest BCUT2D eigenvalue weighted by Crippen LogP contribution is 2.24. The van der Waals surface area contributed by atoms with Gasteiger partial charge in [-0.3, -0.25) is 9.98 Å². The van der Waals surface area contributed by atoms with Crippen LogP contribution in [-0.2, 0) is 0 Å². The first-order chi connectivity index (χ1) is 4.88. The molecule has 1 atom stereocenters. The summed E-state index contributed by atoms with van der Waals surface area (Å²) in [5, 5.41) is -0.0949. The smallest absolute Gasteiger partial charge is 0.0959 e. The highest BCUT2D eigenvalue weighted by Gasteiger charge is 2.17. The Kier molecular flexibility index (Phi) is 1.21. The van der Waals surface area contributed by atoms with Crippen LogP contribution in [0.5, 0.6) is 0 Å². The van der Waals surface area contributed by atoms with Crippen molar-refractivity contribution in [1.29, 1.82) is 0 Å². The van der Waals surface area contributed by atoms with Crippen LogP contribution in [0, 0.1) is 0 Å². The number of rotatable bonds is 0. The Balaban J connectivity index is 2.45. The molecule has 2 aliphatic rings. The highest BCUT2D eigenvalue weighted by atomic mass is 35.5. The van der Waals surface area contributed by atoms with E-state index in [4.69, 9.17) is 11.6 Å². The lowest BCUT2D eigenvalue weighted by atomic mass is 10.1. The minimum Gasteiger partial charge on any atom is -0.265 e. The highest BCUT2D eigenvalue weighted by molar-refractivity contribution is 6.31. The lowest BCUT2D eigenvalue weighted by Crippen LogP contribution is -2.07. The van der Waals surface area contributed by atoms with Crippen molar-refractivity contribution in [2.45, 2.75) is 5.38 Å². The lowest BCUT2D eigenvalue weighted by molar-refractivity contribution is 1.21. The van der Waals surface area contributed by atoms with E-state index in [-0.39, 0.29) is 5.38 Å². The number of hydrogen-bond acceptors (Lipinski definition) is 2. The number of aliphatic imine (C=N–C) groups is 2. The molecule has 0 aromatic heterocycles. The van der Waals surface area contributed by atoms with Crippen LogP contribution in [0.1, 0.15) is 0 Å². The van der Waals surface area contributed by atoms with Crippen molar-refractivity contribution in [3.05, 3.63) is 23.5 Å². The molecule has 2 heterocycles. The van der Waals surface area contributed by atoms with Gasteiger partial charge in [-0.25, -0.2) is 0 Å². The van der Waals surface area contributed by atoms with Crippen molar-refractivity contribution < 1.29 is 0 Å². The number of fused-ring (bicyclic) bond motifs is 1. The molecule has 0 unspecified atom stereocenters. The Morgan fingerprint density at radius 2 is 2.40 bits per heavy atom. The zero-order valence-electron chi connectivity index (χ0n) is 5.16. The quantitative estimate of drug-likeness (QED) is 0.471. The largest absolute Gasteiger partial charge is 0.265 e. The second-order valence-electron chi connectivity index (χ2n) is 2.11. The summed E-state index contributed by atoms with van der Waals surface area (Å²) in [4.78, 5) is 7.98. The second kappa shape index (κ2) is 2.06. The normalized spacial score (nSPS) is 27.9. The molecule has 0 radical (unpaired) electrons. The van der Waals surface area contributed by atoms with Crippen molar-refractivity contribution in [2.24, 2.45) is 9.98 Å². The number of halogens is 1. The fourth-order valence-corrected chi connectivity index (χ4v) is 1.22. The van der Waals surface area contributed by atoms with Gasteiger partial charge in [0.05, 0.1) is 17.3 Å². The fourth-order valence-electron chi connectivity index (χ4n) is 0.968. The van der Waals surface area contributed by atoms with E-state index < -0.39 is 0 Å². The topological polar surface area (TPSA) is 24.7 Å². The van der Waals surface area contributed by atoms with Crippen molar-refractivity contribution >= 4 is 24.0 Å². The maximum Gasteiger partial charge on any atom is 0.0959 e. The molecule has 10 heavy (non-hydrogen) atoms. The van der Waals surface area contributed by atoms with E-state index in [1.165, 1.54) is 0 Å². The Hall–Kier alpha value is -0.890. The summed E-state index contributed by atoms with van der Waals surface area (Å²) < 4.78 is 0. The Labute approximate surface area is 63.6 Å². The molecule has 0 aliphatic carbocycles. The maximum atomic E-state index is 5.88. The van der Waals surface area contributed by atoms with Crippen molar-refractivity contribution in [3.8, 4) is 0 Å². The van der Waals surface area contributed by atoms with Crippen molar-refractivity contribution in [2.75, 3.05) is 0 Å². The molecule has 0 fully saturated rings. The Morgan fingerprint density at radius 3 is 3.20 bits per heavy atom. The van der Waals surface area contributed by atoms with Gasteiger partial charge >= 0.3 is 0 Å². The Bertz CT molecular complexity index is 273. The van der Waals surface area contributed by atoms with Crippen LogP contribution >= 0.6 is 11.6 Å². The SMILES string of the molecule is Cl[C@H]1C=NC=C2N=CC=C21. The molecule has 0 N–H and O–H groups in total. The van der Waals surface area contributed by atoms with Crippen LogP contribution in [-0.4, -0.2) is 17.8 Å². The predicted octanol–water partition coefficient (Wildman–Crippen LogP) is 1.53. The van der Waals surface area contributed by atoms with Gasteiger partial charge in [-0.1, -0.05) is 0 Å². The molecule has 0 saturated heterocycles. The predicted molar refractivity (Wildman–Crippen MR) is 42.8 cm³/mol. The Morgan fingerprint density at radius 1 is 1.50 bits per heavy atom. The molecule has 0 amide bonds. The summed E-state index contributed by atoms with van der Waals surface area (Å²) in [5.41, 5.74) is 1.94. The monoisotopic (exact) mass is 152 g/mol. The first-order valence-electron chi connectivity index (χ1n) is 3.00. The lowest BCUT2D eigenvalue weighted by Gasteiger charge is -2.08. The van der Waals surface area contributed by atoms with Gasteiger partial charge in [-0.15, -0.1) is 11.6 Å². The molecule has 3 heteroatoms. The van der Waals surface area contributed by atoms with Crippen LogP contribution < -0.4 is 0 Å². The van der Waals surface area contributed by atoms with Crippen molar-refractivity contribution in [1.82, 2.24) is 0 Å². The molecular formula is C7H5ClN2. The summed E-state index contributed by atoms with van der Waals surface area (Å²) in [6.07, 6.45) is 7.07. The minimum atomic E-state index is -0.0949. The van der Waals surface area contributed by atoms with Gasteiger partial charge in [-0.05, 0) is 6.08 Å². The molecule has 2 aliphatic heterocycles. The summed E-state index contributed by atoms with van der Waals surface area (Å²) in [5.74, 6) is 0. The van der Waals surface area contributed by atoms with Crippen LogP contribution in [0.3, 0.4) is 0 Å². The molecule has 0 aromatic carbocycles. The number of nitrogens with zero attached hydrogens (tertiary/aromatic N) is 2. The third kappa shape index (κ3) is 0.727. The third-order valence-corrected chi connectivity index (χ3v) is 1.82. The summed E-state index contributed by atoms with van der Waals surface area (Å²) in [6, 6.07) is 0. The molecule has 0 bridgehead atoms. The van der Waals surface area contributed by atoms with E-state index in [0.717, 1.165) is 11.3 Å². The zero-order chi connectivity index (χ0) is 6.97. The van der Waals surface area contributed by atoms with Crippen LogP contribution in [0.4, 0.5) is 0 Å². The van der Waals surface area contributed by atoms with Gasteiger partial charge in [0.25, 0.3) is 0 Å². The summed E-state index contributed by atoms with van der Waals surface area (Å²) in [7, 11) is 0. The molecule has 0 aromatic rings. The number of alkyl halides is 1. The van der Waals surface area contributed by atoms with E-state index >= 15 is 0 Å². The van der Waals surface area contributed by atoms with E-state index in [1.54, 1.807) is 18.6 Å². The van der Waals surface area contributed by atoms with Crippen LogP contribution in [0.15, 0.2) is 33.5 Å². The molecule has 2 nitrogen and oxygen atoms in total. The van der Waals surface area contributed by atoms with Gasteiger partial charge in [0.15, 0.2) is 0 Å². The summed E-state index contributed by atoms with van der Waals surface area (Å²) in [6.45, 7) is 0.